The van der Waals surface area contributed by atoms with Gasteiger partial charge in [0.05, 0.1) is 0 Å². The number of aryl methyl sites for hydroxylation is 1. The number of para-hydroxylation sites is 1. The van der Waals surface area contributed by atoms with Crippen LogP contribution in [0.2, 0.25) is 0 Å². The zero-order valence-corrected chi connectivity index (χ0v) is 12.6. The highest BCUT2D eigenvalue weighted by Crippen LogP contribution is 2.26. The van der Waals surface area contributed by atoms with Crippen molar-refractivity contribution >= 4 is 15.9 Å². The maximum Gasteiger partial charge on any atom is 0.136 e. The number of benzene rings is 2. The molecule has 2 aromatic rings. The van der Waals surface area contributed by atoms with Gasteiger partial charge in [0, 0.05) is 11.0 Å². The fourth-order valence-corrected chi connectivity index (χ4v) is 2.44. The van der Waals surface area contributed by atoms with Crippen LogP contribution >= 0.6 is 15.9 Å². The second-order valence-corrected chi connectivity index (χ2v) is 5.27. The van der Waals surface area contributed by atoms with E-state index in [0.29, 0.717) is 6.54 Å². The normalized spacial score (nSPS) is 12.2. The van der Waals surface area contributed by atoms with Crippen LogP contribution in [0.3, 0.4) is 0 Å². The van der Waals surface area contributed by atoms with E-state index in [0.717, 1.165) is 22.2 Å². The maximum absolute atomic E-state index is 6.08. The Labute approximate surface area is 122 Å². The van der Waals surface area contributed by atoms with Crippen LogP contribution in [0.25, 0.3) is 0 Å². The summed E-state index contributed by atoms with van der Waals surface area (Å²) in [6.45, 7) is 2.58. The summed E-state index contributed by atoms with van der Waals surface area (Å²) in [6.07, 6.45) is 0.830. The molecule has 100 valence electrons. The molecule has 0 aliphatic rings. The summed E-state index contributed by atoms with van der Waals surface area (Å²) in [4.78, 5) is 0. The minimum atomic E-state index is -0.120. The lowest BCUT2D eigenvalue weighted by Gasteiger charge is -2.20. The zero-order chi connectivity index (χ0) is 13.7. The molecule has 2 rings (SSSR count). The third-order valence-corrected chi connectivity index (χ3v) is 3.55. The van der Waals surface area contributed by atoms with E-state index in [1.807, 2.05) is 42.5 Å². The molecule has 2 N–H and O–H groups in total. The molecule has 0 spiro atoms. The van der Waals surface area contributed by atoms with Gasteiger partial charge in [-0.2, -0.15) is 0 Å². The van der Waals surface area contributed by atoms with E-state index in [1.54, 1.807) is 0 Å². The van der Waals surface area contributed by atoms with E-state index in [-0.39, 0.29) is 6.10 Å². The van der Waals surface area contributed by atoms with Crippen molar-refractivity contribution < 1.29 is 4.74 Å². The Bertz CT molecular complexity index is 542. The third-order valence-electron chi connectivity index (χ3n) is 3.06. The minimum Gasteiger partial charge on any atom is -0.484 e. The predicted molar refractivity (Wildman–Crippen MR) is 82.4 cm³/mol. The average molecular weight is 320 g/mol. The Morgan fingerprint density at radius 3 is 2.63 bits per heavy atom. The van der Waals surface area contributed by atoms with Crippen LogP contribution in [0.1, 0.15) is 24.2 Å². The van der Waals surface area contributed by atoms with E-state index < -0.39 is 0 Å². The molecule has 0 bridgehead atoms. The molecule has 0 saturated carbocycles. The maximum atomic E-state index is 6.08. The molecule has 19 heavy (non-hydrogen) atoms. The zero-order valence-electron chi connectivity index (χ0n) is 11.0. The van der Waals surface area contributed by atoms with Crippen molar-refractivity contribution in [2.45, 2.75) is 19.4 Å². The Balaban J connectivity index is 2.24. The summed E-state index contributed by atoms with van der Waals surface area (Å²) in [5, 5.41) is 0. The molecule has 0 aliphatic carbocycles. The number of halogens is 1. The van der Waals surface area contributed by atoms with Gasteiger partial charge in [0.1, 0.15) is 11.9 Å². The van der Waals surface area contributed by atoms with Gasteiger partial charge in [-0.3, -0.25) is 0 Å². The van der Waals surface area contributed by atoms with Gasteiger partial charge < -0.3 is 10.5 Å². The molecule has 0 radical (unpaired) electrons. The third kappa shape index (κ3) is 3.58. The van der Waals surface area contributed by atoms with Crippen molar-refractivity contribution in [3.8, 4) is 5.75 Å². The van der Waals surface area contributed by atoms with Crippen molar-refractivity contribution in [3.63, 3.8) is 0 Å². The van der Waals surface area contributed by atoms with Crippen LogP contribution in [-0.4, -0.2) is 6.54 Å². The SMILES string of the molecule is CCc1ccccc1OC(CN)c1cccc(Br)c1. The highest BCUT2D eigenvalue weighted by atomic mass is 79.9. The van der Waals surface area contributed by atoms with Gasteiger partial charge in [-0.05, 0) is 35.7 Å². The topological polar surface area (TPSA) is 35.2 Å². The highest BCUT2D eigenvalue weighted by Gasteiger charge is 2.13. The number of nitrogens with two attached hydrogens (primary N) is 1. The lowest BCUT2D eigenvalue weighted by molar-refractivity contribution is 0.212. The number of ether oxygens (including phenoxy) is 1. The van der Waals surface area contributed by atoms with E-state index >= 15 is 0 Å². The summed E-state index contributed by atoms with van der Waals surface area (Å²) >= 11 is 3.48. The van der Waals surface area contributed by atoms with Gasteiger partial charge in [0.2, 0.25) is 0 Å². The molecule has 3 heteroatoms. The minimum absolute atomic E-state index is 0.120. The molecule has 1 atom stereocenters. The molecule has 1 unspecified atom stereocenters. The molecule has 0 heterocycles. The summed E-state index contributed by atoms with van der Waals surface area (Å²) < 4.78 is 7.12. The van der Waals surface area contributed by atoms with E-state index in [9.17, 15) is 0 Å². The van der Waals surface area contributed by atoms with Gasteiger partial charge in [-0.25, -0.2) is 0 Å². The Kier molecular flexibility index (Phi) is 5.00. The van der Waals surface area contributed by atoms with Crippen LogP contribution in [0, 0.1) is 0 Å². The Hall–Kier alpha value is -1.32. The van der Waals surface area contributed by atoms with Crippen molar-refractivity contribution in [2.75, 3.05) is 6.54 Å². The Morgan fingerprint density at radius 1 is 1.16 bits per heavy atom. The first kappa shape index (κ1) is 14.1. The first-order valence-corrected chi connectivity index (χ1v) is 7.24. The lowest BCUT2D eigenvalue weighted by Crippen LogP contribution is -2.19. The van der Waals surface area contributed by atoms with Crippen LogP contribution in [0.15, 0.2) is 53.0 Å². The lowest BCUT2D eigenvalue weighted by atomic mass is 10.1. The molecular formula is C16H18BrNO. The van der Waals surface area contributed by atoms with E-state index in [4.69, 9.17) is 10.5 Å². The molecule has 0 aromatic heterocycles. The van der Waals surface area contributed by atoms with Crippen LogP contribution in [0.4, 0.5) is 0 Å². The standard InChI is InChI=1S/C16H18BrNO/c1-2-12-6-3-4-9-15(12)19-16(11-18)13-7-5-8-14(17)10-13/h3-10,16H,2,11,18H2,1H3. The monoisotopic (exact) mass is 319 g/mol. The second kappa shape index (κ2) is 6.73. The van der Waals surface area contributed by atoms with Gasteiger partial charge >= 0.3 is 0 Å². The number of rotatable bonds is 5. The molecule has 0 aliphatic heterocycles. The van der Waals surface area contributed by atoms with E-state index in [1.165, 1.54) is 5.56 Å². The number of hydrogen-bond donors (Lipinski definition) is 1. The van der Waals surface area contributed by atoms with Gasteiger partial charge in [-0.15, -0.1) is 0 Å². The van der Waals surface area contributed by atoms with Gasteiger partial charge in [0.15, 0.2) is 0 Å². The van der Waals surface area contributed by atoms with Crippen LogP contribution in [0.5, 0.6) is 5.75 Å². The summed E-state index contributed by atoms with van der Waals surface area (Å²) in [7, 11) is 0. The fourth-order valence-electron chi connectivity index (χ4n) is 2.02. The van der Waals surface area contributed by atoms with Crippen LogP contribution in [-0.2, 0) is 6.42 Å². The first-order valence-electron chi connectivity index (χ1n) is 6.44. The summed E-state index contributed by atoms with van der Waals surface area (Å²) in [6, 6.07) is 16.2. The summed E-state index contributed by atoms with van der Waals surface area (Å²) in [5.41, 5.74) is 8.14. The summed E-state index contributed by atoms with van der Waals surface area (Å²) in [5.74, 6) is 0.917. The van der Waals surface area contributed by atoms with Crippen LogP contribution < -0.4 is 10.5 Å². The Morgan fingerprint density at radius 2 is 1.95 bits per heavy atom. The van der Waals surface area contributed by atoms with Crippen molar-refractivity contribution in [3.05, 3.63) is 64.1 Å². The molecule has 0 amide bonds. The average Bonchev–Trinajstić information content (AvgIpc) is 2.45. The molecular weight excluding hydrogens is 302 g/mol. The van der Waals surface area contributed by atoms with Crippen molar-refractivity contribution in [2.24, 2.45) is 5.73 Å². The molecule has 2 aromatic carbocycles. The quantitative estimate of drug-likeness (QED) is 0.900. The van der Waals surface area contributed by atoms with Crippen molar-refractivity contribution in [1.29, 1.82) is 0 Å². The fraction of sp³-hybridized carbons (Fsp3) is 0.250. The van der Waals surface area contributed by atoms with Gasteiger partial charge in [0.25, 0.3) is 0 Å². The first-order chi connectivity index (χ1) is 9.24. The predicted octanol–water partition coefficient (Wildman–Crippen LogP) is 4.09. The molecule has 0 saturated heterocycles. The smallest absolute Gasteiger partial charge is 0.136 e. The van der Waals surface area contributed by atoms with E-state index in [2.05, 4.69) is 28.9 Å². The molecule has 2 nitrogen and oxygen atoms in total. The second-order valence-electron chi connectivity index (χ2n) is 4.36. The van der Waals surface area contributed by atoms with Gasteiger partial charge in [-0.1, -0.05) is 53.2 Å². The largest absolute Gasteiger partial charge is 0.484 e. The van der Waals surface area contributed by atoms with Crippen molar-refractivity contribution in [1.82, 2.24) is 0 Å². The number of hydrogen-bond acceptors (Lipinski definition) is 2. The molecule has 0 fully saturated rings. The highest BCUT2D eigenvalue weighted by molar-refractivity contribution is 9.10.